The molecule has 4 heterocycles. The lowest BCUT2D eigenvalue weighted by molar-refractivity contribution is -0.122. The molecule has 2 saturated heterocycles. The number of carbonyl (C=O) groups is 1. The maximum Gasteiger partial charge on any atom is 0.241 e. The van der Waals surface area contributed by atoms with Crippen LogP contribution in [0, 0.1) is 5.92 Å². The molecule has 34 heavy (non-hydrogen) atoms. The van der Waals surface area contributed by atoms with E-state index in [4.69, 9.17) is 9.40 Å². The molecule has 1 aliphatic carbocycles. The minimum atomic E-state index is -0.104. The molecular weight excluding hydrogens is 428 g/mol. The molecular formula is C26H30N6O2. The Hall–Kier alpha value is -3.23. The van der Waals surface area contributed by atoms with Crippen molar-refractivity contribution in [2.24, 2.45) is 5.92 Å². The number of hydrogen-bond acceptors (Lipinski definition) is 6. The first-order valence-electron chi connectivity index (χ1n) is 12.3. The summed E-state index contributed by atoms with van der Waals surface area (Å²) < 4.78 is 6.22. The number of hydrogen-bond donors (Lipinski definition) is 4. The van der Waals surface area contributed by atoms with Crippen molar-refractivity contribution in [3.63, 3.8) is 0 Å². The van der Waals surface area contributed by atoms with Crippen LogP contribution in [0.15, 0.2) is 52.7 Å². The number of amides is 1. The zero-order chi connectivity index (χ0) is 23.1. The van der Waals surface area contributed by atoms with Crippen molar-refractivity contribution in [3.05, 3.63) is 60.0 Å². The molecule has 8 nitrogen and oxygen atoms in total. The third-order valence-corrected chi connectivity index (χ3v) is 7.25. The van der Waals surface area contributed by atoms with Crippen LogP contribution in [0.4, 0.5) is 0 Å². The predicted octanol–water partition coefficient (Wildman–Crippen LogP) is 3.68. The fourth-order valence-corrected chi connectivity index (χ4v) is 5.22. The minimum absolute atomic E-state index is 0.0391. The van der Waals surface area contributed by atoms with Crippen LogP contribution in [0.1, 0.15) is 56.3 Å². The number of rotatable bonds is 5. The van der Waals surface area contributed by atoms with Crippen LogP contribution in [0.5, 0.6) is 0 Å². The van der Waals surface area contributed by atoms with E-state index < -0.39 is 0 Å². The first kappa shape index (κ1) is 21.3. The van der Waals surface area contributed by atoms with Gasteiger partial charge in [0.2, 0.25) is 11.8 Å². The normalized spacial score (nSPS) is 26.8. The smallest absolute Gasteiger partial charge is 0.241 e. The highest BCUT2D eigenvalue weighted by atomic mass is 16.4. The largest absolute Gasteiger partial charge is 0.440 e. The van der Waals surface area contributed by atoms with Crippen molar-refractivity contribution < 1.29 is 9.21 Å². The number of carbonyl (C=O) groups excluding carboxylic acids is 1. The summed E-state index contributed by atoms with van der Waals surface area (Å²) in [5.41, 5.74) is 3.81. The number of aromatic nitrogens is 3. The van der Waals surface area contributed by atoms with Crippen LogP contribution in [-0.2, 0) is 4.79 Å². The molecule has 2 fully saturated rings. The minimum Gasteiger partial charge on any atom is -0.440 e. The summed E-state index contributed by atoms with van der Waals surface area (Å²) in [6, 6.07) is 6.34. The molecule has 176 valence electrons. The number of aromatic amines is 1. The Morgan fingerprint density at radius 2 is 2.06 bits per heavy atom. The highest BCUT2D eigenvalue weighted by molar-refractivity contribution is 5.84. The maximum absolute atomic E-state index is 12.6. The van der Waals surface area contributed by atoms with E-state index in [1.54, 1.807) is 6.20 Å². The molecule has 3 aliphatic rings. The Bertz CT molecular complexity index is 1260. The van der Waals surface area contributed by atoms with Gasteiger partial charge in [0, 0.05) is 17.2 Å². The molecule has 8 heteroatoms. The SMILES string of the molecule is CC1C(NC(=O)[C@@H]2CCCN2)=CC=CC1c1ncc(-c2ccc3[nH]c([C@@H]4CCCN4)nc3c2)o1. The molecule has 0 saturated carbocycles. The van der Waals surface area contributed by atoms with Gasteiger partial charge in [-0.3, -0.25) is 4.79 Å². The lowest BCUT2D eigenvalue weighted by atomic mass is 9.87. The van der Waals surface area contributed by atoms with Crippen molar-refractivity contribution in [2.75, 3.05) is 13.1 Å². The summed E-state index contributed by atoms with van der Waals surface area (Å²) in [6.45, 7) is 4.04. The van der Waals surface area contributed by atoms with Crippen molar-refractivity contribution in [1.29, 1.82) is 0 Å². The second-order valence-corrected chi connectivity index (χ2v) is 9.53. The Labute approximate surface area is 198 Å². The molecule has 2 aliphatic heterocycles. The van der Waals surface area contributed by atoms with E-state index in [2.05, 4.69) is 51.1 Å². The number of nitrogens with one attached hydrogen (secondary N) is 4. The van der Waals surface area contributed by atoms with Crippen molar-refractivity contribution in [2.45, 2.75) is 50.6 Å². The zero-order valence-corrected chi connectivity index (χ0v) is 19.3. The Kier molecular flexibility index (Phi) is 5.55. The number of allylic oxidation sites excluding steroid dienone is 4. The third kappa shape index (κ3) is 3.97. The van der Waals surface area contributed by atoms with Gasteiger partial charge in [0.15, 0.2) is 5.76 Å². The Morgan fingerprint density at radius 3 is 2.88 bits per heavy atom. The van der Waals surface area contributed by atoms with Gasteiger partial charge in [-0.05, 0) is 63.0 Å². The molecule has 3 aromatic rings. The third-order valence-electron chi connectivity index (χ3n) is 7.25. The lowest BCUT2D eigenvalue weighted by Gasteiger charge is -2.25. The predicted molar refractivity (Wildman–Crippen MR) is 130 cm³/mol. The molecule has 1 aromatic carbocycles. The summed E-state index contributed by atoms with van der Waals surface area (Å²) >= 11 is 0. The van der Waals surface area contributed by atoms with Crippen molar-refractivity contribution in [1.82, 2.24) is 30.9 Å². The summed E-state index contributed by atoms with van der Waals surface area (Å²) in [5, 5.41) is 9.86. The second kappa shape index (κ2) is 8.85. The lowest BCUT2D eigenvalue weighted by Crippen LogP contribution is -2.41. The second-order valence-electron chi connectivity index (χ2n) is 9.53. The highest BCUT2D eigenvalue weighted by Gasteiger charge is 2.30. The van der Waals surface area contributed by atoms with Crippen molar-refractivity contribution in [3.8, 4) is 11.3 Å². The van der Waals surface area contributed by atoms with Gasteiger partial charge >= 0.3 is 0 Å². The summed E-state index contributed by atoms with van der Waals surface area (Å²) in [6.07, 6.45) is 12.0. The van der Waals surface area contributed by atoms with Gasteiger partial charge in [0.1, 0.15) is 5.82 Å². The van der Waals surface area contributed by atoms with E-state index in [1.807, 2.05) is 18.2 Å². The number of H-pyrrole nitrogens is 1. The average molecular weight is 459 g/mol. The van der Waals surface area contributed by atoms with Gasteiger partial charge in [-0.25, -0.2) is 9.97 Å². The molecule has 6 rings (SSSR count). The number of benzene rings is 1. The van der Waals surface area contributed by atoms with Crippen LogP contribution in [0.3, 0.4) is 0 Å². The Balaban J connectivity index is 1.19. The van der Waals surface area contributed by atoms with Crippen LogP contribution in [0.25, 0.3) is 22.4 Å². The van der Waals surface area contributed by atoms with Gasteiger partial charge in [-0.15, -0.1) is 0 Å². The van der Waals surface area contributed by atoms with E-state index in [9.17, 15) is 4.79 Å². The number of oxazole rings is 1. The van der Waals surface area contributed by atoms with Gasteiger partial charge in [0.25, 0.3) is 0 Å². The van der Waals surface area contributed by atoms with Crippen LogP contribution < -0.4 is 16.0 Å². The number of imidazole rings is 1. The van der Waals surface area contributed by atoms with Gasteiger partial charge in [-0.1, -0.05) is 19.1 Å². The van der Waals surface area contributed by atoms with E-state index in [-0.39, 0.29) is 23.8 Å². The molecule has 2 aromatic heterocycles. The van der Waals surface area contributed by atoms with E-state index in [1.165, 1.54) is 6.42 Å². The zero-order valence-electron chi connectivity index (χ0n) is 19.3. The Morgan fingerprint density at radius 1 is 1.18 bits per heavy atom. The maximum atomic E-state index is 12.6. The van der Waals surface area contributed by atoms with E-state index in [0.29, 0.717) is 11.9 Å². The highest BCUT2D eigenvalue weighted by Crippen LogP contribution is 2.35. The quantitative estimate of drug-likeness (QED) is 0.465. The number of nitrogens with zero attached hydrogens (tertiary/aromatic N) is 2. The molecule has 2 unspecified atom stereocenters. The standard InChI is InChI=1S/C26H30N6O2/c1-15-17(5-2-6-18(15)32-25(33)21-8-4-12-28-21)26-29-14-23(34-26)16-9-10-19-22(13-16)31-24(30-19)20-7-3-11-27-20/h2,5-6,9-10,13-15,17,20-21,27-28H,3-4,7-8,11-12H2,1H3,(H,30,31)(H,32,33)/t15?,17?,20-,21-/m0/s1. The summed E-state index contributed by atoms with van der Waals surface area (Å²) in [7, 11) is 0. The monoisotopic (exact) mass is 458 g/mol. The number of fused-ring (bicyclic) bond motifs is 1. The van der Waals surface area contributed by atoms with Crippen LogP contribution in [0.2, 0.25) is 0 Å². The van der Waals surface area contributed by atoms with Gasteiger partial charge in [-0.2, -0.15) is 0 Å². The molecule has 4 N–H and O–H groups in total. The molecule has 0 bridgehead atoms. The van der Waals surface area contributed by atoms with Crippen molar-refractivity contribution >= 4 is 16.9 Å². The summed E-state index contributed by atoms with van der Waals surface area (Å²) in [5.74, 6) is 2.42. The van der Waals surface area contributed by atoms with Crippen LogP contribution in [-0.4, -0.2) is 40.0 Å². The first-order valence-corrected chi connectivity index (χ1v) is 12.3. The van der Waals surface area contributed by atoms with Crippen LogP contribution >= 0.6 is 0 Å². The topological polar surface area (TPSA) is 108 Å². The molecule has 0 radical (unpaired) electrons. The molecule has 4 atom stereocenters. The van der Waals surface area contributed by atoms with E-state index >= 15 is 0 Å². The van der Waals surface area contributed by atoms with Gasteiger partial charge in [0.05, 0.1) is 35.2 Å². The summed E-state index contributed by atoms with van der Waals surface area (Å²) in [4.78, 5) is 25.5. The molecule has 1 amide bonds. The fourth-order valence-electron chi connectivity index (χ4n) is 5.22. The average Bonchev–Trinajstić information content (AvgIpc) is 3.66. The van der Waals surface area contributed by atoms with Gasteiger partial charge < -0.3 is 25.4 Å². The fraction of sp³-hybridized carbons (Fsp3) is 0.423. The van der Waals surface area contributed by atoms with E-state index in [0.717, 1.165) is 66.2 Å². The first-order chi connectivity index (χ1) is 16.7. The molecule has 0 spiro atoms.